The maximum Gasteiger partial charge on any atom is 0.290 e. The SMILES string of the molecule is O=C(c1ccco1)N1CCOCC1c1ncon1. The fourth-order valence-corrected chi connectivity index (χ4v) is 1.93. The average Bonchev–Trinajstić information content (AvgIpc) is 3.11. The summed E-state index contributed by atoms with van der Waals surface area (Å²) < 4.78 is 15.2. The normalized spacial score (nSPS) is 20.0. The van der Waals surface area contributed by atoms with Gasteiger partial charge in [0.05, 0.1) is 19.5 Å². The lowest BCUT2D eigenvalue weighted by Gasteiger charge is -2.32. The predicted octanol–water partition coefficient (Wildman–Crippen LogP) is 0.876. The smallest absolute Gasteiger partial charge is 0.290 e. The number of rotatable bonds is 2. The summed E-state index contributed by atoms with van der Waals surface area (Å²) in [4.78, 5) is 17.9. The average molecular weight is 249 g/mol. The molecule has 0 aliphatic carbocycles. The minimum Gasteiger partial charge on any atom is -0.459 e. The van der Waals surface area contributed by atoms with E-state index in [2.05, 4.69) is 10.1 Å². The largest absolute Gasteiger partial charge is 0.459 e. The second-order valence-electron chi connectivity index (χ2n) is 3.86. The minimum absolute atomic E-state index is 0.196. The van der Waals surface area contributed by atoms with E-state index in [1.54, 1.807) is 17.0 Å². The van der Waals surface area contributed by atoms with Crippen LogP contribution in [0.1, 0.15) is 22.4 Å². The van der Waals surface area contributed by atoms with Crippen LogP contribution in [0.5, 0.6) is 0 Å². The number of morpholine rings is 1. The van der Waals surface area contributed by atoms with Crippen LogP contribution in [-0.2, 0) is 4.74 Å². The molecule has 3 heterocycles. The van der Waals surface area contributed by atoms with Gasteiger partial charge < -0.3 is 18.6 Å². The molecule has 18 heavy (non-hydrogen) atoms. The summed E-state index contributed by atoms with van der Waals surface area (Å²) >= 11 is 0. The molecular formula is C11H11N3O4. The van der Waals surface area contributed by atoms with Crippen LogP contribution in [-0.4, -0.2) is 40.7 Å². The number of aromatic nitrogens is 2. The number of hydrogen-bond donors (Lipinski definition) is 0. The third-order valence-corrected chi connectivity index (χ3v) is 2.80. The molecule has 0 radical (unpaired) electrons. The molecule has 0 bridgehead atoms. The molecule has 1 atom stereocenters. The van der Waals surface area contributed by atoms with E-state index in [9.17, 15) is 4.79 Å². The molecule has 1 aliphatic heterocycles. The van der Waals surface area contributed by atoms with Gasteiger partial charge in [0.2, 0.25) is 6.39 Å². The van der Waals surface area contributed by atoms with Gasteiger partial charge in [-0.05, 0) is 12.1 Å². The van der Waals surface area contributed by atoms with Crippen molar-refractivity contribution in [3.8, 4) is 0 Å². The Hall–Kier alpha value is -2.15. The number of carbonyl (C=O) groups excluding carboxylic acids is 1. The van der Waals surface area contributed by atoms with Gasteiger partial charge in [-0.1, -0.05) is 5.16 Å². The maximum atomic E-state index is 12.3. The molecule has 1 fully saturated rings. The molecule has 3 rings (SSSR count). The van der Waals surface area contributed by atoms with E-state index < -0.39 is 0 Å². The van der Waals surface area contributed by atoms with Gasteiger partial charge in [0.1, 0.15) is 6.04 Å². The first-order valence-electron chi connectivity index (χ1n) is 5.55. The van der Waals surface area contributed by atoms with Crippen LogP contribution in [0.25, 0.3) is 0 Å². The Labute approximate surface area is 102 Å². The molecule has 1 aliphatic rings. The van der Waals surface area contributed by atoms with Crippen LogP contribution in [0.2, 0.25) is 0 Å². The van der Waals surface area contributed by atoms with Gasteiger partial charge in [-0.3, -0.25) is 4.79 Å². The van der Waals surface area contributed by atoms with Crippen molar-refractivity contribution in [3.05, 3.63) is 36.4 Å². The Morgan fingerprint density at radius 2 is 2.44 bits per heavy atom. The maximum absolute atomic E-state index is 12.3. The first kappa shape index (κ1) is 11.0. The summed E-state index contributed by atoms with van der Waals surface area (Å²) in [7, 11) is 0. The monoisotopic (exact) mass is 249 g/mol. The first-order chi connectivity index (χ1) is 8.86. The van der Waals surface area contributed by atoms with E-state index in [4.69, 9.17) is 13.7 Å². The second-order valence-corrected chi connectivity index (χ2v) is 3.86. The van der Waals surface area contributed by atoms with Crippen molar-refractivity contribution < 1.29 is 18.5 Å². The lowest BCUT2D eigenvalue weighted by molar-refractivity contribution is -0.00728. The standard InChI is InChI=1S/C11H11N3O4/c15-11(9-2-1-4-17-9)14-3-5-16-6-8(14)10-12-7-18-13-10/h1-2,4,7-8H,3,5-6H2. The minimum atomic E-state index is -0.338. The van der Waals surface area contributed by atoms with E-state index in [-0.39, 0.29) is 11.9 Å². The second kappa shape index (κ2) is 4.61. The molecule has 0 saturated carbocycles. The summed E-state index contributed by atoms with van der Waals surface area (Å²) in [6.07, 6.45) is 2.70. The van der Waals surface area contributed by atoms with Gasteiger partial charge in [-0.15, -0.1) is 0 Å². The molecule has 0 spiro atoms. The zero-order chi connectivity index (χ0) is 12.4. The summed E-state index contributed by atoms with van der Waals surface area (Å²) in [6.45, 7) is 1.31. The highest BCUT2D eigenvalue weighted by Gasteiger charge is 2.33. The van der Waals surface area contributed by atoms with E-state index >= 15 is 0 Å². The van der Waals surface area contributed by atoms with E-state index in [1.807, 2.05) is 0 Å². The zero-order valence-corrected chi connectivity index (χ0v) is 9.48. The van der Waals surface area contributed by atoms with Gasteiger partial charge in [0.15, 0.2) is 11.6 Å². The van der Waals surface area contributed by atoms with Gasteiger partial charge >= 0.3 is 0 Å². The molecule has 1 unspecified atom stereocenters. The van der Waals surface area contributed by atoms with Gasteiger partial charge in [-0.25, -0.2) is 0 Å². The molecule has 2 aromatic heterocycles. The number of furan rings is 1. The van der Waals surface area contributed by atoms with E-state index in [1.165, 1.54) is 12.7 Å². The molecule has 2 aromatic rings. The van der Waals surface area contributed by atoms with Crippen molar-refractivity contribution in [3.63, 3.8) is 0 Å². The van der Waals surface area contributed by atoms with Crippen molar-refractivity contribution in [2.45, 2.75) is 6.04 Å². The van der Waals surface area contributed by atoms with Crippen molar-refractivity contribution in [1.29, 1.82) is 0 Å². The fraction of sp³-hybridized carbons (Fsp3) is 0.364. The molecule has 7 heteroatoms. The van der Waals surface area contributed by atoms with Crippen molar-refractivity contribution in [2.75, 3.05) is 19.8 Å². The number of hydrogen-bond acceptors (Lipinski definition) is 6. The Morgan fingerprint density at radius 3 is 3.17 bits per heavy atom. The number of amides is 1. The van der Waals surface area contributed by atoms with Crippen LogP contribution in [0.4, 0.5) is 0 Å². The fourth-order valence-electron chi connectivity index (χ4n) is 1.93. The molecule has 1 amide bonds. The van der Waals surface area contributed by atoms with Crippen molar-refractivity contribution >= 4 is 5.91 Å². The van der Waals surface area contributed by atoms with Crippen LogP contribution >= 0.6 is 0 Å². The number of ether oxygens (including phenoxy) is 1. The highest BCUT2D eigenvalue weighted by atomic mass is 16.5. The zero-order valence-electron chi connectivity index (χ0n) is 9.48. The quantitative estimate of drug-likeness (QED) is 0.785. The summed E-state index contributed by atoms with van der Waals surface area (Å²) in [5.41, 5.74) is 0. The highest BCUT2D eigenvalue weighted by Crippen LogP contribution is 2.23. The third kappa shape index (κ3) is 1.88. The number of carbonyl (C=O) groups is 1. The Kier molecular flexibility index (Phi) is 2.81. The van der Waals surface area contributed by atoms with Gasteiger partial charge in [-0.2, -0.15) is 4.98 Å². The van der Waals surface area contributed by atoms with Crippen molar-refractivity contribution in [1.82, 2.24) is 15.0 Å². The van der Waals surface area contributed by atoms with Gasteiger partial charge in [0, 0.05) is 6.54 Å². The molecule has 7 nitrogen and oxygen atoms in total. The van der Waals surface area contributed by atoms with Crippen molar-refractivity contribution in [2.24, 2.45) is 0 Å². The topological polar surface area (TPSA) is 81.6 Å². The third-order valence-electron chi connectivity index (χ3n) is 2.80. The lowest BCUT2D eigenvalue weighted by Crippen LogP contribution is -2.43. The summed E-state index contributed by atoms with van der Waals surface area (Å²) in [5.74, 6) is 0.540. The lowest BCUT2D eigenvalue weighted by atomic mass is 10.2. The van der Waals surface area contributed by atoms with Crippen LogP contribution in [0.3, 0.4) is 0 Å². The molecule has 1 saturated heterocycles. The Morgan fingerprint density at radius 1 is 1.50 bits per heavy atom. The van der Waals surface area contributed by atoms with E-state index in [0.29, 0.717) is 31.3 Å². The highest BCUT2D eigenvalue weighted by molar-refractivity contribution is 5.91. The molecule has 0 N–H and O–H groups in total. The summed E-state index contributed by atoms with van der Waals surface area (Å²) in [6, 6.07) is 2.97. The Balaban J connectivity index is 1.86. The van der Waals surface area contributed by atoms with Gasteiger partial charge in [0.25, 0.3) is 5.91 Å². The molecule has 0 aromatic carbocycles. The first-order valence-corrected chi connectivity index (χ1v) is 5.55. The number of nitrogens with zero attached hydrogens (tertiary/aromatic N) is 3. The molecule has 94 valence electrons. The Bertz CT molecular complexity index is 508. The summed E-state index contributed by atoms with van der Waals surface area (Å²) in [5, 5.41) is 3.76. The van der Waals surface area contributed by atoms with Crippen LogP contribution in [0.15, 0.2) is 33.7 Å². The molecular weight excluding hydrogens is 238 g/mol. The van der Waals surface area contributed by atoms with Crippen LogP contribution < -0.4 is 0 Å². The van der Waals surface area contributed by atoms with E-state index in [0.717, 1.165) is 0 Å². The van der Waals surface area contributed by atoms with Crippen LogP contribution in [0, 0.1) is 0 Å². The predicted molar refractivity (Wildman–Crippen MR) is 57.6 cm³/mol.